The number of benzene rings is 1. The van der Waals surface area contributed by atoms with Crippen LogP contribution in [0.25, 0.3) is 10.8 Å². The maximum Gasteiger partial charge on any atom is 0.406 e. The first-order chi connectivity index (χ1) is 13.3. The van der Waals surface area contributed by atoms with Crippen LogP contribution in [-0.4, -0.2) is 36.5 Å². The van der Waals surface area contributed by atoms with E-state index >= 15 is 0 Å². The first kappa shape index (κ1) is 21.0. The fourth-order valence-corrected chi connectivity index (χ4v) is 3.91. The Balaban J connectivity index is 1.75. The third-order valence-corrected chi connectivity index (χ3v) is 5.60. The van der Waals surface area contributed by atoms with Crippen LogP contribution in [0.1, 0.15) is 39.0 Å². The van der Waals surface area contributed by atoms with Gasteiger partial charge in [0.2, 0.25) is 5.88 Å². The van der Waals surface area contributed by atoms with Crippen molar-refractivity contribution in [2.45, 2.75) is 56.8 Å². The number of hydrogen-bond acceptors (Lipinski definition) is 4. The number of nitrogens with one attached hydrogen (secondary N) is 1. The molecule has 1 N–H and O–H groups in total. The quantitative estimate of drug-likeness (QED) is 0.673. The highest BCUT2D eigenvalue weighted by Crippen LogP contribution is 2.43. The molecule has 0 amide bonds. The van der Waals surface area contributed by atoms with Crippen molar-refractivity contribution < 1.29 is 22.6 Å². The standard InChI is InChI=1S/C20H24ClF3N2O2/c1-3-9-26-19(20(22,23)24)7-4-14(5-8-19)28-17-11-13-6-10-25-18(27-2)15(13)12-16(17)21/h6,10-12,14,26H,3-5,7-9H2,1-2H3. The summed E-state index contributed by atoms with van der Waals surface area (Å²) in [5.41, 5.74) is -1.82. The summed E-state index contributed by atoms with van der Waals surface area (Å²) in [5, 5.41) is 4.71. The van der Waals surface area contributed by atoms with Crippen LogP contribution in [0.3, 0.4) is 0 Å². The minimum absolute atomic E-state index is 0.00981. The second kappa shape index (κ2) is 8.33. The van der Waals surface area contributed by atoms with Gasteiger partial charge in [0, 0.05) is 11.6 Å². The predicted molar refractivity (Wildman–Crippen MR) is 103 cm³/mol. The molecule has 0 atom stereocenters. The molecule has 1 aliphatic carbocycles. The van der Waals surface area contributed by atoms with Gasteiger partial charge in [0.05, 0.1) is 18.2 Å². The third kappa shape index (κ3) is 4.15. The summed E-state index contributed by atoms with van der Waals surface area (Å²) < 4.78 is 52.1. The molecule has 0 unspecified atom stereocenters. The summed E-state index contributed by atoms with van der Waals surface area (Å²) in [6.45, 7) is 2.20. The van der Waals surface area contributed by atoms with Crippen molar-refractivity contribution in [2.75, 3.05) is 13.7 Å². The molecule has 8 heteroatoms. The normalized spacial score (nSPS) is 23.0. The van der Waals surface area contributed by atoms with Gasteiger partial charge in [0.1, 0.15) is 11.3 Å². The molecule has 0 radical (unpaired) electrons. The fourth-order valence-electron chi connectivity index (χ4n) is 3.71. The molecule has 1 aromatic heterocycles. The Kier molecular flexibility index (Phi) is 6.25. The molecule has 1 aliphatic rings. The molecule has 1 saturated carbocycles. The van der Waals surface area contributed by atoms with Crippen LogP contribution in [0.2, 0.25) is 5.02 Å². The topological polar surface area (TPSA) is 43.4 Å². The average Bonchev–Trinajstić information content (AvgIpc) is 2.67. The van der Waals surface area contributed by atoms with Gasteiger partial charge in [-0.2, -0.15) is 13.2 Å². The van der Waals surface area contributed by atoms with Crippen molar-refractivity contribution in [3.05, 3.63) is 29.4 Å². The molecule has 1 fully saturated rings. The van der Waals surface area contributed by atoms with Crippen molar-refractivity contribution in [2.24, 2.45) is 0 Å². The van der Waals surface area contributed by atoms with Gasteiger partial charge in [-0.05, 0) is 62.2 Å². The number of halogens is 4. The summed E-state index contributed by atoms with van der Waals surface area (Å²) in [4.78, 5) is 4.14. The lowest BCUT2D eigenvalue weighted by molar-refractivity contribution is -0.209. The number of alkyl halides is 3. The second-order valence-corrected chi connectivity index (χ2v) is 7.56. The van der Waals surface area contributed by atoms with Gasteiger partial charge in [-0.25, -0.2) is 4.98 Å². The molecule has 1 heterocycles. The second-order valence-electron chi connectivity index (χ2n) is 7.15. The molecular weight excluding hydrogens is 393 g/mol. The molecule has 154 valence electrons. The molecule has 28 heavy (non-hydrogen) atoms. The van der Waals surface area contributed by atoms with E-state index in [1.54, 1.807) is 18.3 Å². The van der Waals surface area contributed by atoms with Gasteiger partial charge < -0.3 is 14.8 Å². The zero-order chi connectivity index (χ0) is 20.4. The van der Waals surface area contributed by atoms with E-state index in [0.29, 0.717) is 42.5 Å². The number of pyridine rings is 1. The van der Waals surface area contributed by atoms with Crippen molar-refractivity contribution in [3.8, 4) is 11.6 Å². The average molecular weight is 417 g/mol. The van der Waals surface area contributed by atoms with E-state index in [4.69, 9.17) is 21.1 Å². The van der Waals surface area contributed by atoms with Gasteiger partial charge in [0.15, 0.2) is 0 Å². The molecule has 0 spiro atoms. The number of nitrogens with zero attached hydrogens (tertiary/aromatic N) is 1. The minimum Gasteiger partial charge on any atom is -0.489 e. The summed E-state index contributed by atoms with van der Waals surface area (Å²) in [5.74, 6) is 0.925. The van der Waals surface area contributed by atoms with Crippen molar-refractivity contribution in [3.63, 3.8) is 0 Å². The van der Waals surface area contributed by atoms with Gasteiger partial charge in [0.25, 0.3) is 0 Å². The lowest BCUT2D eigenvalue weighted by atomic mass is 9.79. The Morgan fingerprint density at radius 3 is 2.61 bits per heavy atom. The Bertz CT molecular complexity index is 821. The lowest BCUT2D eigenvalue weighted by Crippen LogP contribution is -2.59. The summed E-state index contributed by atoms with van der Waals surface area (Å²) in [7, 11) is 1.53. The molecule has 0 saturated heterocycles. The van der Waals surface area contributed by atoms with Crippen LogP contribution in [0, 0.1) is 0 Å². The Hall–Kier alpha value is -1.73. The number of hydrogen-bond donors (Lipinski definition) is 1. The molecule has 3 rings (SSSR count). The van der Waals surface area contributed by atoms with Gasteiger partial charge in [-0.3, -0.25) is 0 Å². The van der Waals surface area contributed by atoms with Crippen LogP contribution in [0.4, 0.5) is 13.2 Å². The third-order valence-electron chi connectivity index (χ3n) is 5.31. The largest absolute Gasteiger partial charge is 0.489 e. The lowest BCUT2D eigenvalue weighted by Gasteiger charge is -2.42. The fraction of sp³-hybridized carbons (Fsp3) is 0.550. The van der Waals surface area contributed by atoms with Crippen molar-refractivity contribution in [1.82, 2.24) is 10.3 Å². The number of methoxy groups -OCH3 is 1. The number of aromatic nitrogens is 1. The first-order valence-electron chi connectivity index (χ1n) is 9.40. The van der Waals surface area contributed by atoms with Crippen molar-refractivity contribution in [1.29, 1.82) is 0 Å². The van der Waals surface area contributed by atoms with Crippen LogP contribution >= 0.6 is 11.6 Å². The maximum atomic E-state index is 13.6. The van der Waals surface area contributed by atoms with Crippen LogP contribution in [-0.2, 0) is 0 Å². The van der Waals surface area contributed by atoms with E-state index in [1.807, 2.05) is 13.0 Å². The van der Waals surface area contributed by atoms with E-state index in [2.05, 4.69) is 10.3 Å². The summed E-state index contributed by atoms with van der Waals surface area (Å²) in [6.07, 6.45) is -1.71. The van der Waals surface area contributed by atoms with E-state index in [1.165, 1.54) is 7.11 Å². The minimum atomic E-state index is -4.28. The molecular formula is C20H24ClF3N2O2. The monoisotopic (exact) mass is 416 g/mol. The van der Waals surface area contributed by atoms with Crippen LogP contribution in [0.5, 0.6) is 11.6 Å². The predicted octanol–water partition coefficient (Wildman–Crippen LogP) is 5.52. The van der Waals surface area contributed by atoms with E-state index in [-0.39, 0.29) is 18.9 Å². The first-order valence-corrected chi connectivity index (χ1v) is 9.78. The Morgan fingerprint density at radius 1 is 1.29 bits per heavy atom. The molecule has 1 aromatic carbocycles. The number of fused-ring (bicyclic) bond motifs is 1. The molecule has 0 bridgehead atoms. The summed E-state index contributed by atoms with van der Waals surface area (Å²) in [6, 6.07) is 5.30. The van der Waals surface area contributed by atoms with E-state index < -0.39 is 11.7 Å². The molecule has 2 aromatic rings. The zero-order valence-corrected chi connectivity index (χ0v) is 16.7. The highest BCUT2D eigenvalue weighted by molar-refractivity contribution is 6.33. The van der Waals surface area contributed by atoms with Crippen LogP contribution < -0.4 is 14.8 Å². The van der Waals surface area contributed by atoms with Crippen LogP contribution in [0.15, 0.2) is 24.4 Å². The Labute approximate surface area is 167 Å². The highest BCUT2D eigenvalue weighted by atomic mass is 35.5. The summed E-state index contributed by atoms with van der Waals surface area (Å²) >= 11 is 6.35. The van der Waals surface area contributed by atoms with E-state index in [0.717, 1.165) is 10.8 Å². The van der Waals surface area contributed by atoms with Gasteiger partial charge in [-0.15, -0.1) is 0 Å². The molecule has 0 aliphatic heterocycles. The number of ether oxygens (including phenoxy) is 2. The zero-order valence-electron chi connectivity index (χ0n) is 15.9. The SMILES string of the molecule is CCCNC1(C(F)(F)F)CCC(Oc2cc3ccnc(OC)c3cc2Cl)CC1. The van der Waals surface area contributed by atoms with Gasteiger partial charge in [-0.1, -0.05) is 18.5 Å². The Morgan fingerprint density at radius 2 is 2.00 bits per heavy atom. The smallest absolute Gasteiger partial charge is 0.406 e. The maximum absolute atomic E-state index is 13.6. The van der Waals surface area contributed by atoms with E-state index in [9.17, 15) is 13.2 Å². The molecule has 4 nitrogen and oxygen atoms in total. The number of rotatable bonds is 6. The highest BCUT2D eigenvalue weighted by Gasteiger charge is 2.55. The van der Waals surface area contributed by atoms with Crippen molar-refractivity contribution >= 4 is 22.4 Å². The van der Waals surface area contributed by atoms with Gasteiger partial charge >= 0.3 is 6.18 Å².